The van der Waals surface area contributed by atoms with Crippen LogP contribution in [0, 0.1) is 15.9 Å². The topological polar surface area (TPSA) is 122 Å². The summed E-state index contributed by atoms with van der Waals surface area (Å²) >= 11 is 0. The van der Waals surface area contributed by atoms with E-state index in [2.05, 4.69) is 10.6 Å². The highest BCUT2D eigenvalue weighted by molar-refractivity contribution is 6.43. The van der Waals surface area contributed by atoms with E-state index in [4.69, 9.17) is 0 Å². The number of carbonyl (C=O) groups is 3. The van der Waals surface area contributed by atoms with Gasteiger partial charge in [0.25, 0.3) is 0 Å². The van der Waals surface area contributed by atoms with Crippen molar-refractivity contribution in [1.29, 1.82) is 0 Å². The summed E-state index contributed by atoms with van der Waals surface area (Å²) in [6.45, 7) is 0.583. The number of rotatable bonds is 4. The highest BCUT2D eigenvalue weighted by atomic mass is 19.1. The first-order valence-electron chi connectivity index (χ1n) is 8.32. The Hall–Kier alpha value is -3.82. The van der Waals surface area contributed by atoms with E-state index in [0.717, 1.165) is 24.6 Å². The Bertz CT molecular complexity index is 978. The van der Waals surface area contributed by atoms with Crippen molar-refractivity contribution in [3.63, 3.8) is 0 Å². The number of nitro benzene ring substituents is 1. The number of carbonyl (C=O) groups excluding carboxylic acids is 3. The van der Waals surface area contributed by atoms with Crippen LogP contribution in [0.25, 0.3) is 0 Å². The zero-order valence-electron chi connectivity index (χ0n) is 14.5. The summed E-state index contributed by atoms with van der Waals surface area (Å²) in [5, 5.41) is 15.3. The Morgan fingerprint density at radius 2 is 1.75 bits per heavy atom. The van der Waals surface area contributed by atoms with Gasteiger partial charge in [-0.05, 0) is 36.8 Å². The van der Waals surface area contributed by atoms with Crippen LogP contribution in [-0.2, 0) is 14.4 Å². The Morgan fingerprint density at radius 3 is 2.36 bits per heavy atom. The molecule has 0 spiro atoms. The van der Waals surface area contributed by atoms with E-state index in [1.54, 1.807) is 29.2 Å². The third-order valence-electron chi connectivity index (χ3n) is 4.10. The minimum Gasteiger partial charge on any atom is -0.318 e. The number of hydrogen-bond donors (Lipinski definition) is 2. The van der Waals surface area contributed by atoms with E-state index in [0.29, 0.717) is 24.3 Å². The van der Waals surface area contributed by atoms with E-state index in [1.165, 1.54) is 0 Å². The molecule has 3 amide bonds. The number of amides is 3. The van der Waals surface area contributed by atoms with Gasteiger partial charge in [0, 0.05) is 36.1 Å². The molecule has 0 aliphatic carbocycles. The molecule has 2 aromatic carbocycles. The molecule has 1 saturated heterocycles. The molecule has 3 rings (SSSR count). The number of anilines is 3. The molecule has 1 aliphatic heterocycles. The third-order valence-corrected chi connectivity index (χ3v) is 4.10. The second-order valence-electron chi connectivity index (χ2n) is 6.03. The maximum absolute atomic E-state index is 13.3. The first-order valence-corrected chi connectivity index (χ1v) is 8.32. The summed E-state index contributed by atoms with van der Waals surface area (Å²) in [5.74, 6) is -3.17. The minimum atomic E-state index is -1.08. The van der Waals surface area contributed by atoms with Crippen LogP contribution in [0.4, 0.5) is 27.1 Å². The molecule has 0 bridgehead atoms. The van der Waals surface area contributed by atoms with Gasteiger partial charge in [0.2, 0.25) is 11.7 Å². The van der Waals surface area contributed by atoms with Gasteiger partial charge >= 0.3 is 17.5 Å². The Labute approximate surface area is 158 Å². The number of nitrogens with one attached hydrogen (secondary N) is 2. The predicted molar refractivity (Wildman–Crippen MR) is 98.3 cm³/mol. The number of hydrogen-bond acceptors (Lipinski definition) is 5. The van der Waals surface area contributed by atoms with Crippen molar-refractivity contribution < 1.29 is 23.7 Å². The van der Waals surface area contributed by atoms with Crippen molar-refractivity contribution in [3.05, 3.63) is 58.4 Å². The van der Waals surface area contributed by atoms with Crippen molar-refractivity contribution in [2.45, 2.75) is 12.8 Å². The fourth-order valence-corrected chi connectivity index (χ4v) is 2.78. The van der Waals surface area contributed by atoms with Gasteiger partial charge in [0.15, 0.2) is 0 Å². The molecule has 0 unspecified atom stereocenters. The Balaban J connectivity index is 1.68. The molecule has 9 nitrogen and oxygen atoms in total. The molecular weight excluding hydrogens is 371 g/mol. The van der Waals surface area contributed by atoms with Crippen LogP contribution in [0.1, 0.15) is 12.8 Å². The highest BCUT2D eigenvalue weighted by Gasteiger charge is 2.22. The lowest BCUT2D eigenvalue weighted by Gasteiger charge is -2.16. The second-order valence-corrected chi connectivity index (χ2v) is 6.03. The Morgan fingerprint density at radius 1 is 1.07 bits per heavy atom. The van der Waals surface area contributed by atoms with Crippen LogP contribution in [0.3, 0.4) is 0 Å². The number of nitro groups is 1. The molecule has 2 N–H and O–H groups in total. The molecular formula is C18H15FN4O5. The van der Waals surface area contributed by atoms with Crippen molar-refractivity contribution >= 4 is 40.5 Å². The molecule has 144 valence electrons. The highest BCUT2D eigenvalue weighted by Crippen LogP contribution is 2.24. The fraction of sp³-hybridized carbons (Fsp3) is 0.167. The molecule has 28 heavy (non-hydrogen) atoms. The van der Waals surface area contributed by atoms with Crippen molar-refractivity contribution in [1.82, 2.24) is 0 Å². The first kappa shape index (κ1) is 19.0. The van der Waals surface area contributed by atoms with Crippen molar-refractivity contribution in [3.8, 4) is 0 Å². The molecule has 0 radical (unpaired) electrons. The van der Waals surface area contributed by atoms with Gasteiger partial charge in [0.05, 0.1) is 4.92 Å². The maximum Gasteiger partial charge on any atom is 0.314 e. The van der Waals surface area contributed by atoms with Gasteiger partial charge in [-0.15, -0.1) is 0 Å². The van der Waals surface area contributed by atoms with Gasteiger partial charge in [-0.3, -0.25) is 24.5 Å². The molecule has 0 atom stereocenters. The van der Waals surface area contributed by atoms with Crippen LogP contribution in [-0.4, -0.2) is 29.2 Å². The van der Waals surface area contributed by atoms with Gasteiger partial charge in [-0.25, -0.2) is 0 Å². The zero-order chi connectivity index (χ0) is 20.3. The van der Waals surface area contributed by atoms with Crippen LogP contribution in [0.15, 0.2) is 42.5 Å². The monoisotopic (exact) mass is 386 g/mol. The molecule has 1 aliphatic rings. The molecule has 1 fully saturated rings. The zero-order valence-corrected chi connectivity index (χ0v) is 14.5. The summed E-state index contributed by atoms with van der Waals surface area (Å²) in [6.07, 6.45) is 1.21. The summed E-state index contributed by atoms with van der Waals surface area (Å²) in [6, 6.07) is 9.22. The van der Waals surface area contributed by atoms with Crippen LogP contribution >= 0.6 is 0 Å². The lowest BCUT2D eigenvalue weighted by molar-refractivity contribution is -0.387. The van der Waals surface area contributed by atoms with E-state index in [9.17, 15) is 28.9 Å². The van der Waals surface area contributed by atoms with Crippen LogP contribution in [0.5, 0.6) is 0 Å². The second kappa shape index (κ2) is 7.82. The van der Waals surface area contributed by atoms with Gasteiger partial charge in [-0.2, -0.15) is 4.39 Å². The molecule has 0 aromatic heterocycles. The number of benzene rings is 2. The normalized spacial score (nSPS) is 13.3. The van der Waals surface area contributed by atoms with Crippen LogP contribution in [0.2, 0.25) is 0 Å². The average molecular weight is 386 g/mol. The largest absolute Gasteiger partial charge is 0.318 e. The van der Waals surface area contributed by atoms with Gasteiger partial charge < -0.3 is 15.5 Å². The van der Waals surface area contributed by atoms with Crippen molar-refractivity contribution in [2.24, 2.45) is 0 Å². The number of nitrogens with zero attached hydrogens (tertiary/aromatic N) is 2. The van der Waals surface area contributed by atoms with Crippen molar-refractivity contribution in [2.75, 3.05) is 22.1 Å². The lowest BCUT2D eigenvalue weighted by Crippen LogP contribution is -2.29. The van der Waals surface area contributed by atoms with E-state index in [1.807, 2.05) is 0 Å². The van der Waals surface area contributed by atoms with E-state index < -0.39 is 28.2 Å². The van der Waals surface area contributed by atoms with Gasteiger partial charge in [-0.1, -0.05) is 6.07 Å². The molecule has 0 saturated carbocycles. The quantitative estimate of drug-likeness (QED) is 0.475. The Kier molecular flexibility index (Phi) is 5.30. The fourth-order valence-electron chi connectivity index (χ4n) is 2.78. The SMILES string of the molecule is O=C(Nc1cccc(N2CCCC2=O)c1)C(=O)Nc1ccc(F)c([N+](=O)[O-])c1. The summed E-state index contributed by atoms with van der Waals surface area (Å²) in [7, 11) is 0. The van der Waals surface area contributed by atoms with E-state index in [-0.39, 0.29) is 11.6 Å². The maximum atomic E-state index is 13.3. The number of halogens is 1. The molecule has 2 aromatic rings. The third kappa shape index (κ3) is 4.11. The lowest BCUT2D eigenvalue weighted by atomic mass is 10.2. The standard InChI is InChI=1S/C18H15FN4O5/c19-14-7-6-12(10-15(14)23(27)28)21-18(26)17(25)20-11-3-1-4-13(9-11)22-8-2-5-16(22)24/h1,3-4,6-7,9-10H,2,5,8H2,(H,20,25)(H,21,26). The molecule has 10 heteroatoms. The predicted octanol–water partition coefficient (Wildman–Crippen LogP) is 2.44. The minimum absolute atomic E-state index is 0.0147. The first-order chi connectivity index (χ1) is 13.3. The van der Waals surface area contributed by atoms with E-state index >= 15 is 0 Å². The smallest absolute Gasteiger partial charge is 0.314 e. The summed E-state index contributed by atoms with van der Waals surface area (Å²) < 4.78 is 13.3. The summed E-state index contributed by atoms with van der Waals surface area (Å²) in [4.78, 5) is 47.3. The average Bonchev–Trinajstić information content (AvgIpc) is 3.09. The van der Waals surface area contributed by atoms with Crippen LogP contribution < -0.4 is 15.5 Å². The van der Waals surface area contributed by atoms with Gasteiger partial charge in [0.1, 0.15) is 0 Å². The summed E-state index contributed by atoms with van der Waals surface area (Å²) in [5.41, 5.74) is 0.00292. The molecule has 1 heterocycles.